The van der Waals surface area contributed by atoms with Crippen molar-refractivity contribution in [3.8, 4) is 0 Å². The van der Waals surface area contributed by atoms with Gasteiger partial charge in [-0.05, 0) is 24.6 Å². The summed E-state index contributed by atoms with van der Waals surface area (Å²) in [4.78, 5) is 23.8. The minimum absolute atomic E-state index is 0.000520. The summed E-state index contributed by atoms with van der Waals surface area (Å²) >= 11 is 5.80. The molecule has 0 radical (unpaired) electrons. The molecule has 2 N–H and O–H groups in total. The van der Waals surface area contributed by atoms with E-state index < -0.39 is 11.7 Å². The van der Waals surface area contributed by atoms with E-state index in [0.29, 0.717) is 0 Å². The van der Waals surface area contributed by atoms with Crippen molar-refractivity contribution in [3.63, 3.8) is 0 Å². The van der Waals surface area contributed by atoms with Crippen molar-refractivity contribution >= 4 is 23.4 Å². The maximum Gasteiger partial charge on any atom is 0.256 e. The van der Waals surface area contributed by atoms with Crippen molar-refractivity contribution in [2.75, 3.05) is 6.54 Å². The zero-order chi connectivity index (χ0) is 16.8. The van der Waals surface area contributed by atoms with Crippen LogP contribution in [0.15, 0.2) is 48.5 Å². The Kier molecular flexibility index (Phi) is 5.71. The highest BCUT2D eigenvalue weighted by Gasteiger charge is 2.17. The van der Waals surface area contributed by atoms with Crippen LogP contribution in [0.1, 0.15) is 28.9 Å². The van der Waals surface area contributed by atoms with Crippen LogP contribution in [0.3, 0.4) is 0 Å². The van der Waals surface area contributed by atoms with Crippen molar-refractivity contribution in [1.29, 1.82) is 0 Å². The van der Waals surface area contributed by atoms with Gasteiger partial charge >= 0.3 is 0 Å². The van der Waals surface area contributed by atoms with E-state index in [9.17, 15) is 14.0 Å². The SMILES string of the molecule is CC(NC(=O)CNC(=O)c1c(F)cccc1Cl)c1ccccc1. The molecular formula is C17H16ClFN2O2. The first kappa shape index (κ1) is 17.0. The van der Waals surface area contributed by atoms with E-state index in [2.05, 4.69) is 10.6 Å². The van der Waals surface area contributed by atoms with E-state index in [1.54, 1.807) is 0 Å². The molecule has 2 aromatic carbocycles. The molecule has 2 amide bonds. The Hall–Kier alpha value is -2.40. The second-order valence-electron chi connectivity index (χ2n) is 4.98. The summed E-state index contributed by atoms with van der Waals surface area (Å²) in [5, 5.41) is 5.11. The number of benzene rings is 2. The number of nitrogens with one attached hydrogen (secondary N) is 2. The highest BCUT2D eigenvalue weighted by Crippen LogP contribution is 2.18. The standard InChI is InChI=1S/C17H16ClFN2O2/c1-11(12-6-3-2-4-7-12)21-15(22)10-20-17(23)16-13(18)8-5-9-14(16)19/h2-9,11H,10H2,1H3,(H,20,23)(H,21,22). The number of hydrogen-bond donors (Lipinski definition) is 2. The number of hydrogen-bond acceptors (Lipinski definition) is 2. The smallest absolute Gasteiger partial charge is 0.256 e. The second kappa shape index (κ2) is 7.74. The summed E-state index contributed by atoms with van der Waals surface area (Å²) < 4.78 is 13.6. The van der Waals surface area contributed by atoms with E-state index in [0.717, 1.165) is 11.6 Å². The van der Waals surface area contributed by atoms with Crippen LogP contribution in [0.5, 0.6) is 0 Å². The van der Waals surface area contributed by atoms with Gasteiger partial charge in [0.1, 0.15) is 5.82 Å². The predicted molar refractivity (Wildman–Crippen MR) is 86.7 cm³/mol. The Labute approximate surface area is 138 Å². The summed E-state index contributed by atoms with van der Waals surface area (Å²) in [6.07, 6.45) is 0. The van der Waals surface area contributed by atoms with Crippen LogP contribution in [0.25, 0.3) is 0 Å². The van der Waals surface area contributed by atoms with E-state index in [1.807, 2.05) is 37.3 Å². The molecule has 0 aliphatic carbocycles. The van der Waals surface area contributed by atoms with Gasteiger partial charge in [-0.3, -0.25) is 9.59 Å². The molecule has 0 aliphatic heterocycles. The maximum atomic E-state index is 13.6. The topological polar surface area (TPSA) is 58.2 Å². The molecule has 0 aromatic heterocycles. The molecule has 0 bridgehead atoms. The van der Waals surface area contributed by atoms with Crippen LogP contribution >= 0.6 is 11.6 Å². The van der Waals surface area contributed by atoms with Gasteiger partial charge in [0.05, 0.1) is 23.2 Å². The van der Waals surface area contributed by atoms with Gasteiger partial charge in [0.15, 0.2) is 0 Å². The molecule has 1 unspecified atom stereocenters. The fourth-order valence-corrected chi connectivity index (χ4v) is 2.33. The maximum absolute atomic E-state index is 13.6. The van der Waals surface area contributed by atoms with Crippen molar-refractivity contribution in [1.82, 2.24) is 10.6 Å². The van der Waals surface area contributed by atoms with E-state index >= 15 is 0 Å². The van der Waals surface area contributed by atoms with Gasteiger partial charge in [-0.15, -0.1) is 0 Å². The highest BCUT2D eigenvalue weighted by atomic mass is 35.5. The van der Waals surface area contributed by atoms with E-state index in [1.165, 1.54) is 12.1 Å². The molecule has 1 atom stereocenters. The lowest BCUT2D eigenvalue weighted by Gasteiger charge is -2.14. The molecule has 0 spiro atoms. The summed E-state index contributed by atoms with van der Waals surface area (Å²) in [7, 11) is 0. The molecule has 0 heterocycles. The zero-order valence-corrected chi connectivity index (χ0v) is 13.2. The zero-order valence-electron chi connectivity index (χ0n) is 12.5. The minimum atomic E-state index is -0.729. The number of halogens is 2. The van der Waals surface area contributed by atoms with Crippen molar-refractivity contribution in [2.24, 2.45) is 0 Å². The first-order valence-electron chi connectivity index (χ1n) is 7.05. The molecular weight excluding hydrogens is 319 g/mol. The van der Waals surface area contributed by atoms with Crippen molar-refractivity contribution in [2.45, 2.75) is 13.0 Å². The Morgan fingerprint density at radius 3 is 2.48 bits per heavy atom. The first-order valence-corrected chi connectivity index (χ1v) is 7.43. The van der Waals surface area contributed by atoms with Gasteiger partial charge < -0.3 is 10.6 Å². The highest BCUT2D eigenvalue weighted by molar-refractivity contribution is 6.33. The van der Waals surface area contributed by atoms with Crippen molar-refractivity contribution in [3.05, 3.63) is 70.5 Å². The van der Waals surface area contributed by atoms with Crippen molar-refractivity contribution < 1.29 is 14.0 Å². The van der Waals surface area contributed by atoms with Gasteiger partial charge in [0.2, 0.25) is 5.91 Å². The lowest BCUT2D eigenvalue weighted by Crippen LogP contribution is -2.38. The van der Waals surface area contributed by atoms with Crippen LogP contribution in [0.2, 0.25) is 5.02 Å². The summed E-state index contributed by atoms with van der Waals surface area (Å²) in [6, 6.07) is 13.2. The van der Waals surface area contributed by atoms with Gasteiger partial charge in [-0.25, -0.2) is 4.39 Å². The molecule has 0 saturated carbocycles. The monoisotopic (exact) mass is 334 g/mol. The second-order valence-corrected chi connectivity index (χ2v) is 5.39. The number of carbonyl (C=O) groups is 2. The van der Waals surface area contributed by atoms with Gasteiger partial charge in [0, 0.05) is 0 Å². The molecule has 0 fully saturated rings. The summed E-state index contributed by atoms with van der Waals surface area (Å²) in [5.74, 6) is -1.83. The summed E-state index contributed by atoms with van der Waals surface area (Å²) in [5.41, 5.74) is 0.683. The fraction of sp³-hybridized carbons (Fsp3) is 0.176. The third kappa shape index (κ3) is 4.53. The minimum Gasteiger partial charge on any atom is -0.348 e. The molecule has 6 heteroatoms. The van der Waals surface area contributed by atoms with Crippen LogP contribution in [-0.4, -0.2) is 18.4 Å². The fourth-order valence-electron chi connectivity index (χ4n) is 2.08. The van der Waals surface area contributed by atoms with E-state index in [4.69, 9.17) is 11.6 Å². The van der Waals surface area contributed by atoms with E-state index in [-0.39, 0.29) is 29.1 Å². The lowest BCUT2D eigenvalue weighted by molar-refractivity contribution is -0.120. The number of rotatable bonds is 5. The Morgan fingerprint density at radius 2 is 1.83 bits per heavy atom. The molecule has 2 aromatic rings. The molecule has 120 valence electrons. The largest absolute Gasteiger partial charge is 0.348 e. The average Bonchev–Trinajstić information content (AvgIpc) is 2.53. The Morgan fingerprint density at radius 1 is 1.13 bits per heavy atom. The molecule has 0 aliphatic rings. The predicted octanol–water partition coefficient (Wildman–Crippen LogP) is 3.09. The number of carbonyl (C=O) groups excluding carboxylic acids is 2. The first-order chi connectivity index (χ1) is 11.0. The Bertz CT molecular complexity index is 687. The number of amides is 2. The van der Waals surface area contributed by atoms with Crippen LogP contribution in [-0.2, 0) is 4.79 Å². The normalized spacial score (nSPS) is 11.6. The third-order valence-electron chi connectivity index (χ3n) is 3.28. The molecule has 4 nitrogen and oxygen atoms in total. The third-order valence-corrected chi connectivity index (χ3v) is 3.59. The molecule has 2 rings (SSSR count). The lowest BCUT2D eigenvalue weighted by atomic mass is 10.1. The van der Waals surface area contributed by atoms with Gasteiger partial charge in [-0.1, -0.05) is 48.0 Å². The average molecular weight is 335 g/mol. The quantitative estimate of drug-likeness (QED) is 0.882. The summed E-state index contributed by atoms with van der Waals surface area (Å²) in [6.45, 7) is 1.57. The van der Waals surface area contributed by atoms with Crippen LogP contribution < -0.4 is 10.6 Å². The van der Waals surface area contributed by atoms with Crippen LogP contribution in [0.4, 0.5) is 4.39 Å². The van der Waals surface area contributed by atoms with Gasteiger partial charge in [-0.2, -0.15) is 0 Å². The molecule has 0 saturated heterocycles. The Balaban J connectivity index is 1.91. The molecule has 23 heavy (non-hydrogen) atoms. The van der Waals surface area contributed by atoms with Gasteiger partial charge in [0.25, 0.3) is 5.91 Å². The van der Waals surface area contributed by atoms with Crippen LogP contribution in [0, 0.1) is 5.82 Å².